The van der Waals surface area contributed by atoms with Gasteiger partial charge in [-0.15, -0.1) is 5.10 Å². The molecule has 2 aromatic heterocycles. The highest BCUT2D eigenvalue weighted by Gasteiger charge is 2.34. The van der Waals surface area contributed by atoms with Crippen molar-refractivity contribution < 1.29 is 9.32 Å². The lowest BCUT2D eigenvalue weighted by molar-refractivity contribution is 0.0710. The van der Waals surface area contributed by atoms with Crippen LogP contribution in [-0.4, -0.2) is 47.7 Å². The quantitative estimate of drug-likeness (QED) is 0.681. The monoisotopic (exact) mass is 367 g/mol. The zero-order valence-electron chi connectivity index (χ0n) is 15.3. The van der Waals surface area contributed by atoms with Gasteiger partial charge in [-0.1, -0.05) is 31.1 Å². The van der Waals surface area contributed by atoms with Crippen LogP contribution in [0.3, 0.4) is 0 Å². The third kappa shape index (κ3) is 3.57. The Kier molecular flexibility index (Phi) is 4.66. The predicted molar refractivity (Wildman–Crippen MR) is 94.8 cm³/mol. The maximum absolute atomic E-state index is 13.0. The van der Waals surface area contributed by atoms with Crippen LogP contribution in [0.5, 0.6) is 0 Å². The highest BCUT2D eigenvalue weighted by atomic mass is 16.5. The average molecular weight is 367 g/mol. The number of hydrogen-bond donors (Lipinski definition) is 0. The van der Waals surface area contributed by atoms with Crippen molar-refractivity contribution in [2.45, 2.75) is 45.2 Å². The molecule has 0 aliphatic carbocycles. The van der Waals surface area contributed by atoms with Gasteiger partial charge in [-0.3, -0.25) is 4.79 Å². The van der Waals surface area contributed by atoms with Gasteiger partial charge in [0.1, 0.15) is 12.4 Å². The fourth-order valence-corrected chi connectivity index (χ4v) is 3.24. The number of carbonyl (C=O) groups is 1. The highest BCUT2D eigenvalue weighted by Crippen LogP contribution is 2.32. The van der Waals surface area contributed by atoms with Crippen molar-refractivity contribution in [2.75, 3.05) is 6.54 Å². The van der Waals surface area contributed by atoms with Crippen molar-refractivity contribution in [1.29, 1.82) is 0 Å². The van der Waals surface area contributed by atoms with Crippen LogP contribution in [0.2, 0.25) is 0 Å². The summed E-state index contributed by atoms with van der Waals surface area (Å²) < 4.78 is 7.06. The van der Waals surface area contributed by atoms with E-state index in [1.54, 1.807) is 11.0 Å². The number of hydrogen-bond acceptors (Lipinski definition) is 7. The molecule has 0 N–H and O–H groups in total. The van der Waals surface area contributed by atoms with Crippen molar-refractivity contribution in [3.63, 3.8) is 0 Å². The Morgan fingerprint density at radius 2 is 2.11 bits per heavy atom. The van der Waals surface area contributed by atoms with Gasteiger partial charge < -0.3 is 9.42 Å². The van der Waals surface area contributed by atoms with E-state index < -0.39 is 0 Å². The van der Waals surface area contributed by atoms with Crippen LogP contribution in [-0.2, 0) is 6.54 Å². The van der Waals surface area contributed by atoms with Gasteiger partial charge >= 0.3 is 0 Å². The summed E-state index contributed by atoms with van der Waals surface area (Å²) in [7, 11) is 0. The highest BCUT2D eigenvalue weighted by molar-refractivity contribution is 5.94. The lowest BCUT2D eigenvalue weighted by Crippen LogP contribution is -2.30. The Morgan fingerprint density at radius 3 is 2.78 bits per heavy atom. The topological polar surface area (TPSA) is 103 Å². The molecule has 0 saturated carbocycles. The first-order valence-electron chi connectivity index (χ1n) is 9.06. The summed E-state index contributed by atoms with van der Waals surface area (Å²) in [6.45, 7) is 5.29. The third-order valence-electron chi connectivity index (χ3n) is 4.71. The second-order valence-electron chi connectivity index (χ2n) is 7.01. The maximum atomic E-state index is 13.0. The summed E-state index contributed by atoms with van der Waals surface area (Å²) in [5.74, 6) is 1.38. The molecule has 1 atom stereocenters. The fourth-order valence-electron chi connectivity index (χ4n) is 3.24. The minimum Gasteiger partial charge on any atom is -0.337 e. The van der Waals surface area contributed by atoms with Gasteiger partial charge in [0.25, 0.3) is 5.91 Å². The summed E-state index contributed by atoms with van der Waals surface area (Å²) in [6, 6.07) is 7.36. The molecule has 1 aliphatic rings. The standard InChI is InChI=1S/C18H21N7O2/c1-12(2)16-20-17(27-21-16)15-4-3-9-25(15)18(26)14-7-5-13(6-8-14)10-24-11-19-22-23-24/h5-8,11-12,15H,3-4,9-10H2,1-2H3. The van der Waals surface area contributed by atoms with Gasteiger partial charge in [-0.25, -0.2) is 4.68 Å². The molecule has 4 rings (SSSR count). The Balaban J connectivity index is 1.49. The molecule has 1 aliphatic heterocycles. The van der Waals surface area contributed by atoms with E-state index in [1.165, 1.54) is 0 Å². The van der Waals surface area contributed by atoms with Gasteiger partial charge in [0, 0.05) is 18.0 Å². The first-order valence-corrected chi connectivity index (χ1v) is 9.06. The van der Waals surface area contributed by atoms with E-state index in [0.717, 1.165) is 18.4 Å². The Bertz CT molecular complexity index is 902. The van der Waals surface area contributed by atoms with Gasteiger partial charge in [-0.2, -0.15) is 4.98 Å². The number of aromatic nitrogens is 6. The summed E-state index contributed by atoms with van der Waals surface area (Å²) >= 11 is 0. The van der Waals surface area contributed by atoms with Crippen LogP contribution < -0.4 is 0 Å². The zero-order valence-corrected chi connectivity index (χ0v) is 15.3. The van der Waals surface area contributed by atoms with Crippen molar-refractivity contribution in [1.82, 2.24) is 35.2 Å². The van der Waals surface area contributed by atoms with E-state index in [1.807, 2.05) is 43.0 Å². The third-order valence-corrected chi connectivity index (χ3v) is 4.71. The fraction of sp³-hybridized carbons (Fsp3) is 0.444. The molecule has 1 aromatic carbocycles. The van der Waals surface area contributed by atoms with Crippen LogP contribution in [0.1, 0.15) is 66.3 Å². The first-order chi connectivity index (χ1) is 13.1. The molecule has 9 heteroatoms. The summed E-state index contributed by atoms with van der Waals surface area (Å²) in [5, 5.41) is 15.1. The number of tetrazole rings is 1. The number of likely N-dealkylation sites (tertiary alicyclic amines) is 1. The molecular weight excluding hydrogens is 346 g/mol. The molecule has 1 unspecified atom stereocenters. The maximum Gasteiger partial charge on any atom is 0.254 e. The van der Waals surface area contributed by atoms with Crippen molar-refractivity contribution in [2.24, 2.45) is 0 Å². The van der Waals surface area contributed by atoms with Crippen molar-refractivity contribution in [3.8, 4) is 0 Å². The van der Waals surface area contributed by atoms with Gasteiger partial charge in [0.15, 0.2) is 5.82 Å². The predicted octanol–water partition coefficient (Wildman–Crippen LogP) is 2.21. The number of carbonyl (C=O) groups excluding carboxylic acids is 1. The second kappa shape index (κ2) is 7.26. The first kappa shape index (κ1) is 17.3. The summed E-state index contributed by atoms with van der Waals surface area (Å²) in [5.41, 5.74) is 1.67. The number of rotatable bonds is 5. The smallest absolute Gasteiger partial charge is 0.254 e. The van der Waals surface area contributed by atoms with E-state index >= 15 is 0 Å². The van der Waals surface area contributed by atoms with Crippen LogP contribution >= 0.6 is 0 Å². The number of nitrogens with zero attached hydrogens (tertiary/aromatic N) is 7. The molecule has 1 saturated heterocycles. The van der Waals surface area contributed by atoms with Crippen molar-refractivity contribution in [3.05, 3.63) is 53.4 Å². The van der Waals surface area contributed by atoms with E-state index in [4.69, 9.17) is 4.52 Å². The molecule has 9 nitrogen and oxygen atoms in total. The van der Waals surface area contributed by atoms with E-state index in [-0.39, 0.29) is 17.9 Å². The molecule has 0 spiro atoms. The van der Waals surface area contributed by atoms with Gasteiger partial charge in [0.2, 0.25) is 5.89 Å². The van der Waals surface area contributed by atoms with Crippen molar-refractivity contribution >= 4 is 5.91 Å². The zero-order chi connectivity index (χ0) is 18.8. The molecule has 3 aromatic rings. The Labute approximate surface area is 156 Å². The van der Waals surface area contributed by atoms with Crippen LogP contribution in [0.15, 0.2) is 35.1 Å². The van der Waals surface area contributed by atoms with Crippen LogP contribution in [0.25, 0.3) is 0 Å². The normalized spacial score (nSPS) is 17.0. The molecule has 0 bridgehead atoms. The second-order valence-corrected chi connectivity index (χ2v) is 7.01. The summed E-state index contributed by atoms with van der Waals surface area (Å²) in [4.78, 5) is 19.3. The van der Waals surface area contributed by atoms with Gasteiger partial charge in [-0.05, 0) is 41.0 Å². The SMILES string of the molecule is CC(C)c1noc(C2CCCN2C(=O)c2ccc(Cn3cnnn3)cc2)n1. The van der Waals surface area contributed by atoms with Crippen LogP contribution in [0, 0.1) is 0 Å². The largest absolute Gasteiger partial charge is 0.337 e. The molecule has 140 valence electrons. The molecule has 3 heterocycles. The Hall–Kier alpha value is -3.10. The minimum absolute atomic E-state index is 0.0178. The Morgan fingerprint density at radius 1 is 1.30 bits per heavy atom. The van der Waals surface area contributed by atoms with E-state index in [9.17, 15) is 4.79 Å². The molecule has 1 amide bonds. The molecule has 1 fully saturated rings. The number of amides is 1. The molecule has 27 heavy (non-hydrogen) atoms. The molecular formula is C18H21N7O2. The summed E-state index contributed by atoms with van der Waals surface area (Å²) in [6.07, 6.45) is 3.32. The molecule has 0 radical (unpaired) electrons. The number of benzene rings is 1. The minimum atomic E-state index is -0.154. The van der Waals surface area contributed by atoms with Gasteiger partial charge in [0.05, 0.1) is 6.54 Å². The lowest BCUT2D eigenvalue weighted by atomic mass is 10.1. The van der Waals surface area contributed by atoms with Crippen LogP contribution in [0.4, 0.5) is 0 Å². The average Bonchev–Trinajstić information content (AvgIpc) is 3.42. The lowest BCUT2D eigenvalue weighted by Gasteiger charge is -2.22. The van der Waals surface area contributed by atoms with E-state index in [2.05, 4.69) is 25.7 Å². The van der Waals surface area contributed by atoms with E-state index in [0.29, 0.717) is 30.4 Å².